The highest BCUT2D eigenvalue weighted by Crippen LogP contribution is 2.36. The van der Waals surface area contributed by atoms with Crippen molar-refractivity contribution >= 4 is 30.0 Å². The summed E-state index contributed by atoms with van der Waals surface area (Å²) in [6.07, 6.45) is -2.75. The molecule has 2 rings (SSSR count). The van der Waals surface area contributed by atoms with E-state index in [4.69, 9.17) is 14.5 Å². The summed E-state index contributed by atoms with van der Waals surface area (Å²) >= 11 is 3.09. The van der Waals surface area contributed by atoms with Crippen LogP contribution in [0.5, 0.6) is 0 Å². The zero-order chi connectivity index (χ0) is 15.7. The van der Waals surface area contributed by atoms with Gasteiger partial charge in [-0.05, 0) is 0 Å². The Bertz CT molecular complexity index is 645. The van der Waals surface area contributed by atoms with E-state index in [9.17, 15) is 19.5 Å². The Labute approximate surface area is 126 Å². The first-order chi connectivity index (χ1) is 9.81. The number of aromatic amines is 1. The van der Waals surface area contributed by atoms with Gasteiger partial charge in [0.25, 0.3) is 13.9 Å². The Balaban J connectivity index is 2.21. The lowest BCUT2D eigenvalue weighted by Gasteiger charge is -2.16. The highest BCUT2D eigenvalue weighted by atomic mass is 79.9. The number of rotatable bonds is 3. The molecule has 1 aromatic rings. The zero-order valence-corrected chi connectivity index (χ0v) is 12.6. The predicted octanol–water partition coefficient (Wildman–Crippen LogP) is -1.05. The second kappa shape index (κ2) is 6.34. The van der Waals surface area contributed by atoms with Crippen LogP contribution in [-0.2, 0) is 9.47 Å². The lowest BCUT2D eigenvalue weighted by atomic mass is 10.2. The number of aromatic nitrogens is 2. The Morgan fingerprint density at radius 1 is 1.48 bits per heavy atom. The van der Waals surface area contributed by atoms with Crippen LogP contribution in [0.2, 0.25) is 0 Å². The van der Waals surface area contributed by atoms with Crippen molar-refractivity contribution in [2.24, 2.45) is 0 Å². The number of aliphatic hydroxyl groups excluding tert-OH is 1. The number of hydrogen-bond acceptors (Lipinski definition) is 8. The van der Waals surface area contributed by atoms with Gasteiger partial charge >= 0.3 is 11.4 Å². The van der Waals surface area contributed by atoms with Gasteiger partial charge in [0.1, 0.15) is 6.10 Å². The van der Waals surface area contributed by atoms with Crippen LogP contribution in [0.15, 0.2) is 21.9 Å². The molecule has 0 unspecified atom stereocenters. The molecule has 0 amide bonds. The molecule has 0 aliphatic carbocycles. The van der Waals surface area contributed by atoms with Gasteiger partial charge in [0, 0.05) is 12.3 Å². The quantitative estimate of drug-likeness (QED) is 0.380. The molecule has 4 atom stereocenters. The fourth-order valence-corrected chi connectivity index (χ4v) is 2.53. The minimum atomic E-state index is -2.97. The van der Waals surface area contributed by atoms with Crippen LogP contribution >= 0.6 is 24.3 Å². The third-order valence-corrected chi connectivity index (χ3v) is 4.08. The Kier molecular flexibility index (Phi) is 4.91. The van der Waals surface area contributed by atoms with Crippen LogP contribution < -0.4 is 11.2 Å². The molecule has 0 bridgehead atoms. The predicted molar refractivity (Wildman–Crippen MR) is 71.8 cm³/mol. The molecule has 0 spiro atoms. The molecule has 1 aliphatic heterocycles. The molecule has 10 nitrogen and oxygen atoms in total. The molecule has 0 radical (unpaired) electrons. The maximum absolute atomic E-state index is 11.7. The van der Waals surface area contributed by atoms with Crippen molar-refractivity contribution in [2.75, 3.05) is 0 Å². The fourth-order valence-electron chi connectivity index (χ4n) is 1.70. The Morgan fingerprint density at radius 3 is 2.71 bits per heavy atom. The highest BCUT2D eigenvalue weighted by molar-refractivity contribution is 9.09. The molecule has 0 saturated carbocycles. The monoisotopic (exact) mass is 384 g/mol. The van der Waals surface area contributed by atoms with Crippen molar-refractivity contribution in [3.05, 3.63) is 33.1 Å². The molecule has 1 aromatic heterocycles. The molecule has 1 fully saturated rings. The van der Waals surface area contributed by atoms with E-state index >= 15 is 0 Å². The van der Waals surface area contributed by atoms with Crippen molar-refractivity contribution in [1.29, 1.82) is 0 Å². The normalized spacial score (nSPS) is 28.8. The molecular formula is C9H10BrN2O8P. The summed E-state index contributed by atoms with van der Waals surface area (Å²) in [5.41, 5.74) is -2.72. The van der Waals surface area contributed by atoms with Gasteiger partial charge in [-0.1, -0.05) is 15.9 Å². The van der Waals surface area contributed by atoms with Gasteiger partial charge in [0.15, 0.2) is 6.23 Å². The van der Waals surface area contributed by atoms with Crippen molar-refractivity contribution in [2.45, 2.75) is 23.4 Å². The van der Waals surface area contributed by atoms with Crippen molar-refractivity contribution in [1.82, 2.24) is 9.55 Å². The van der Waals surface area contributed by atoms with Gasteiger partial charge < -0.3 is 24.4 Å². The highest BCUT2D eigenvalue weighted by Gasteiger charge is 2.46. The lowest BCUT2D eigenvalue weighted by Crippen LogP contribution is -2.35. The topological polar surface area (TPSA) is 151 Å². The second-order valence-electron chi connectivity index (χ2n) is 4.02. The maximum atomic E-state index is 11.7. The van der Waals surface area contributed by atoms with E-state index in [1.165, 1.54) is 0 Å². The molecule has 0 aromatic carbocycles. The van der Waals surface area contributed by atoms with E-state index < -0.39 is 48.8 Å². The average Bonchev–Trinajstić information content (AvgIpc) is 2.67. The number of carbonyl (C=O) groups excluding carboxylic acids is 1. The van der Waals surface area contributed by atoms with E-state index in [2.05, 4.69) is 20.7 Å². The standard InChI is InChI=1S/C9H10BrN2O8P/c10-4-5(14)7(20-9(16)21(17)18)19-6(4)12-2-1-3(13)11-8(12)15/h1-2,4-7,14,17-18H,(H,11,13,15)/t4-,5+,6-,7-/m1/s1. The van der Waals surface area contributed by atoms with E-state index in [-0.39, 0.29) is 0 Å². The van der Waals surface area contributed by atoms with Gasteiger partial charge in [0.2, 0.25) is 6.29 Å². The molecule has 1 saturated heterocycles. The van der Waals surface area contributed by atoms with Crippen molar-refractivity contribution in [3.8, 4) is 0 Å². The summed E-state index contributed by atoms with van der Waals surface area (Å²) in [6.45, 7) is 0. The number of ether oxygens (including phenoxy) is 2. The van der Waals surface area contributed by atoms with E-state index in [1.807, 2.05) is 4.98 Å². The van der Waals surface area contributed by atoms with Crippen LogP contribution in [-0.4, -0.2) is 47.4 Å². The maximum Gasteiger partial charge on any atom is 0.386 e. The Hall–Kier alpha value is -1.10. The molecular weight excluding hydrogens is 375 g/mol. The summed E-state index contributed by atoms with van der Waals surface area (Å²) in [5.74, 6) is 0. The van der Waals surface area contributed by atoms with E-state index in [1.54, 1.807) is 0 Å². The summed E-state index contributed by atoms with van der Waals surface area (Å²) in [4.78, 5) is 52.3. The second-order valence-corrected chi connectivity index (χ2v) is 6.02. The first kappa shape index (κ1) is 16.3. The molecule has 1 aliphatic rings. The minimum Gasteiger partial charge on any atom is -0.426 e. The van der Waals surface area contributed by atoms with Crippen LogP contribution in [0.3, 0.4) is 0 Å². The van der Waals surface area contributed by atoms with Crippen molar-refractivity contribution < 1.29 is 29.2 Å². The third-order valence-electron chi connectivity index (χ3n) is 2.66. The van der Waals surface area contributed by atoms with Crippen molar-refractivity contribution in [3.63, 3.8) is 0 Å². The van der Waals surface area contributed by atoms with E-state index in [0.29, 0.717) is 0 Å². The number of alkyl halides is 1. The van der Waals surface area contributed by atoms with Gasteiger partial charge in [-0.15, -0.1) is 0 Å². The molecule has 4 N–H and O–H groups in total. The molecule has 12 heteroatoms. The van der Waals surface area contributed by atoms with Gasteiger partial charge in [-0.2, -0.15) is 0 Å². The van der Waals surface area contributed by atoms with Gasteiger partial charge in [0.05, 0.1) is 4.83 Å². The fraction of sp³-hybridized carbons (Fsp3) is 0.444. The summed E-state index contributed by atoms with van der Waals surface area (Å²) < 4.78 is 10.8. The zero-order valence-electron chi connectivity index (χ0n) is 10.1. The number of aliphatic hydroxyl groups is 1. The van der Waals surface area contributed by atoms with Crippen LogP contribution in [0, 0.1) is 0 Å². The number of nitrogens with zero attached hydrogens (tertiary/aromatic N) is 1. The van der Waals surface area contributed by atoms with Crippen LogP contribution in [0.1, 0.15) is 6.23 Å². The summed E-state index contributed by atoms with van der Waals surface area (Å²) in [7, 11) is -2.97. The number of halogens is 1. The van der Waals surface area contributed by atoms with Crippen LogP contribution in [0.25, 0.3) is 0 Å². The van der Waals surface area contributed by atoms with Gasteiger partial charge in [-0.25, -0.2) is 9.59 Å². The third kappa shape index (κ3) is 3.39. The first-order valence-electron chi connectivity index (χ1n) is 5.49. The number of carbonyl (C=O) groups is 1. The average molecular weight is 385 g/mol. The number of H-pyrrole nitrogens is 1. The largest absolute Gasteiger partial charge is 0.426 e. The smallest absolute Gasteiger partial charge is 0.386 e. The van der Waals surface area contributed by atoms with Crippen LogP contribution in [0.4, 0.5) is 4.79 Å². The first-order valence-corrected chi connectivity index (χ1v) is 7.65. The summed E-state index contributed by atoms with van der Waals surface area (Å²) in [5, 5.41) is 9.87. The SMILES string of the molecule is O=C(O[C@H]1O[C@@H](n2ccc(=O)[nH]c2=O)[C@H](Br)[C@@H]1O)P(O)O. The van der Waals surface area contributed by atoms with E-state index in [0.717, 1.165) is 16.8 Å². The minimum absolute atomic E-state index is 0.602. The molecule has 2 heterocycles. The molecule has 116 valence electrons. The van der Waals surface area contributed by atoms with Gasteiger partial charge in [-0.3, -0.25) is 14.3 Å². The number of hydrogen-bond donors (Lipinski definition) is 4. The number of nitrogens with one attached hydrogen (secondary N) is 1. The molecule has 21 heavy (non-hydrogen) atoms. The lowest BCUT2D eigenvalue weighted by molar-refractivity contribution is -0.139. The summed E-state index contributed by atoms with van der Waals surface area (Å²) in [6, 6.07) is 1.08. The Morgan fingerprint density at radius 2 is 2.14 bits per heavy atom.